The third kappa shape index (κ3) is 2.14. The average molecular weight is 243 g/mol. The number of hydrogen-bond acceptors (Lipinski definition) is 2. The molecular formula is C14H17N3O. The lowest BCUT2D eigenvalue weighted by Crippen LogP contribution is -2.27. The van der Waals surface area contributed by atoms with Crippen molar-refractivity contribution in [2.45, 2.75) is 20.8 Å². The molecule has 0 atom stereocenters. The Hall–Kier alpha value is -2.10. The first-order valence-corrected chi connectivity index (χ1v) is 5.86. The number of aromatic amines is 1. The summed E-state index contributed by atoms with van der Waals surface area (Å²) in [6.45, 7) is 5.89. The van der Waals surface area contributed by atoms with E-state index in [0.29, 0.717) is 5.56 Å². The molecule has 2 aromatic rings. The molecule has 4 heteroatoms. The van der Waals surface area contributed by atoms with Crippen LogP contribution in [0.5, 0.6) is 0 Å². The highest BCUT2D eigenvalue weighted by Gasteiger charge is 2.18. The quantitative estimate of drug-likeness (QED) is 0.881. The molecule has 0 fully saturated rings. The summed E-state index contributed by atoms with van der Waals surface area (Å²) >= 11 is 0. The topological polar surface area (TPSA) is 49.0 Å². The SMILES string of the molecule is Cc1ccc(N(C)C(=O)c2cn[nH]c2C)c(C)c1. The number of hydrogen-bond donors (Lipinski definition) is 1. The van der Waals surface area contributed by atoms with Gasteiger partial charge in [-0.15, -0.1) is 0 Å². The van der Waals surface area contributed by atoms with Gasteiger partial charge in [0.25, 0.3) is 5.91 Å². The Bertz CT molecular complexity index is 586. The highest BCUT2D eigenvalue weighted by molar-refractivity contribution is 6.06. The predicted molar refractivity (Wildman–Crippen MR) is 72.0 cm³/mol. The molecule has 1 amide bonds. The Morgan fingerprint density at radius 3 is 2.56 bits per heavy atom. The zero-order valence-corrected chi connectivity index (χ0v) is 11.1. The van der Waals surface area contributed by atoms with Crippen LogP contribution in [0.4, 0.5) is 5.69 Å². The molecule has 1 aromatic heterocycles. The second-order valence-electron chi connectivity index (χ2n) is 4.56. The van der Waals surface area contributed by atoms with Crippen LogP contribution in [0.25, 0.3) is 0 Å². The van der Waals surface area contributed by atoms with Crippen molar-refractivity contribution in [2.75, 3.05) is 11.9 Å². The van der Waals surface area contributed by atoms with E-state index in [1.54, 1.807) is 18.1 Å². The van der Waals surface area contributed by atoms with E-state index < -0.39 is 0 Å². The minimum Gasteiger partial charge on any atom is -0.311 e. The van der Waals surface area contributed by atoms with Gasteiger partial charge in [-0.3, -0.25) is 9.89 Å². The Labute approximate surface area is 107 Å². The van der Waals surface area contributed by atoms with Gasteiger partial charge in [0, 0.05) is 18.4 Å². The number of aromatic nitrogens is 2. The lowest BCUT2D eigenvalue weighted by Gasteiger charge is -2.19. The lowest BCUT2D eigenvalue weighted by molar-refractivity contribution is 0.0992. The van der Waals surface area contributed by atoms with E-state index in [0.717, 1.165) is 16.9 Å². The summed E-state index contributed by atoms with van der Waals surface area (Å²) in [4.78, 5) is 14.0. The van der Waals surface area contributed by atoms with Gasteiger partial charge >= 0.3 is 0 Å². The third-order valence-electron chi connectivity index (χ3n) is 3.08. The summed E-state index contributed by atoms with van der Waals surface area (Å²) in [6.07, 6.45) is 1.57. The average Bonchev–Trinajstić information content (AvgIpc) is 2.74. The standard InChI is InChI=1S/C14H17N3O/c1-9-5-6-13(10(2)7-9)17(4)14(18)12-8-15-16-11(12)3/h5-8H,1-4H3,(H,15,16). The van der Waals surface area contributed by atoms with Gasteiger partial charge in [0.15, 0.2) is 0 Å². The van der Waals surface area contributed by atoms with Crippen LogP contribution in [-0.4, -0.2) is 23.2 Å². The Morgan fingerprint density at radius 1 is 1.28 bits per heavy atom. The number of nitrogens with one attached hydrogen (secondary N) is 1. The number of carbonyl (C=O) groups is 1. The van der Waals surface area contributed by atoms with Gasteiger partial charge in [-0.1, -0.05) is 17.7 Å². The van der Waals surface area contributed by atoms with Gasteiger partial charge in [-0.2, -0.15) is 5.10 Å². The van der Waals surface area contributed by atoms with Gasteiger partial charge < -0.3 is 4.90 Å². The van der Waals surface area contributed by atoms with Crippen molar-refractivity contribution >= 4 is 11.6 Å². The number of nitrogens with zero attached hydrogens (tertiary/aromatic N) is 2. The van der Waals surface area contributed by atoms with Crippen LogP contribution in [-0.2, 0) is 0 Å². The van der Waals surface area contributed by atoms with E-state index in [2.05, 4.69) is 16.3 Å². The fourth-order valence-electron chi connectivity index (χ4n) is 2.04. The van der Waals surface area contributed by atoms with Gasteiger partial charge in [0.1, 0.15) is 0 Å². The molecule has 4 nitrogen and oxygen atoms in total. The van der Waals surface area contributed by atoms with Crippen molar-refractivity contribution in [1.29, 1.82) is 0 Å². The normalized spacial score (nSPS) is 10.4. The summed E-state index contributed by atoms with van der Waals surface area (Å²) in [5.74, 6) is -0.0480. The highest BCUT2D eigenvalue weighted by atomic mass is 16.2. The van der Waals surface area contributed by atoms with Crippen LogP contribution in [0.3, 0.4) is 0 Å². The summed E-state index contributed by atoms with van der Waals surface area (Å²) in [5, 5.41) is 6.66. The van der Waals surface area contributed by atoms with Crippen LogP contribution in [0.2, 0.25) is 0 Å². The Morgan fingerprint density at radius 2 is 2.00 bits per heavy atom. The highest BCUT2D eigenvalue weighted by Crippen LogP contribution is 2.22. The second kappa shape index (κ2) is 4.64. The predicted octanol–water partition coefficient (Wildman–Crippen LogP) is 2.61. The minimum absolute atomic E-state index is 0.0480. The minimum atomic E-state index is -0.0480. The van der Waals surface area contributed by atoms with Crippen molar-refractivity contribution in [2.24, 2.45) is 0 Å². The molecule has 0 unspecified atom stereocenters. The number of anilines is 1. The van der Waals surface area contributed by atoms with Crippen LogP contribution in [0, 0.1) is 20.8 Å². The molecule has 0 radical (unpaired) electrons. The molecule has 18 heavy (non-hydrogen) atoms. The maximum atomic E-state index is 12.3. The monoisotopic (exact) mass is 243 g/mol. The molecule has 2 rings (SSSR count). The summed E-state index contributed by atoms with van der Waals surface area (Å²) < 4.78 is 0. The number of amides is 1. The van der Waals surface area contributed by atoms with Crippen LogP contribution in [0.1, 0.15) is 27.2 Å². The molecule has 1 N–H and O–H groups in total. The zero-order valence-electron chi connectivity index (χ0n) is 11.1. The van der Waals surface area contributed by atoms with E-state index in [-0.39, 0.29) is 5.91 Å². The van der Waals surface area contributed by atoms with Gasteiger partial charge in [0.2, 0.25) is 0 Å². The van der Waals surface area contributed by atoms with E-state index in [1.165, 1.54) is 5.56 Å². The zero-order chi connectivity index (χ0) is 13.3. The molecule has 0 aliphatic carbocycles. The summed E-state index contributed by atoms with van der Waals surface area (Å²) in [6, 6.07) is 6.05. The maximum absolute atomic E-state index is 12.3. The molecule has 1 aromatic carbocycles. The number of rotatable bonds is 2. The fraction of sp³-hybridized carbons (Fsp3) is 0.286. The number of carbonyl (C=O) groups excluding carboxylic acids is 1. The summed E-state index contributed by atoms with van der Waals surface area (Å²) in [5.41, 5.74) is 4.60. The van der Waals surface area contributed by atoms with E-state index in [9.17, 15) is 4.79 Å². The van der Waals surface area contributed by atoms with Crippen molar-refractivity contribution in [3.05, 3.63) is 46.8 Å². The first-order chi connectivity index (χ1) is 8.50. The van der Waals surface area contributed by atoms with Crippen molar-refractivity contribution in [3.63, 3.8) is 0 Å². The van der Waals surface area contributed by atoms with Gasteiger partial charge in [0.05, 0.1) is 11.8 Å². The lowest BCUT2D eigenvalue weighted by atomic mass is 10.1. The summed E-state index contributed by atoms with van der Waals surface area (Å²) in [7, 11) is 1.78. The molecule has 0 saturated heterocycles. The molecule has 1 heterocycles. The molecular weight excluding hydrogens is 226 g/mol. The maximum Gasteiger partial charge on any atom is 0.261 e. The number of benzene rings is 1. The van der Waals surface area contributed by atoms with Gasteiger partial charge in [-0.05, 0) is 32.4 Å². The van der Waals surface area contributed by atoms with E-state index in [1.807, 2.05) is 32.9 Å². The molecule has 94 valence electrons. The van der Waals surface area contributed by atoms with Crippen LogP contribution < -0.4 is 4.90 Å². The molecule has 0 saturated carbocycles. The fourth-order valence-corrected chi connectivity index (χ4v) is 2.04. The molecule has 0 bridgehead atoms. The number of H-pyrrole nitrogens is 1. The largest absolute Gasteiger partial charge is 0.311 e. The van der Waals surface area contributed by atoms with Crippen molar-refractivity contribution in [3.8, 4) is 0 Å². The van der Waals surface area contributed by atoms with E-state index >= 15 is 0 Å². The smallest absolute Gasteiger partial charge is 0.261 e. The molecule has 0 aliphatic heterocycles. The van der Waals surface area contributed by atoms with Crippen molar-refractivity contribution in [1.82, 2.24) is 10.2 Å². The van der Waals surface area contributed by atoms with Crippen LogP contribution >= 0.6 is 0 Å². The number of aryl methyl sites for hydroxylation is 3. The first kappa shape index (κ1) is 12.4. The molecule has 0 spiro atoms. The van der Waals surface area contributed by atoms with Crippen molar-refractivity contribution < 1.29 is 4.79 Å². The van der Waals surface area contributed by atoms with E-state index in [4.69, 9.17) is 0 Å². The molecule has 0 aliphatic rings. The Kier molecular flexibility index (Phi) is 3.19. The third-order valence-corrected chi connectivity index (χ3v) is 3.08. The van der Waals surface area contributed by atoms with Gasteiger partial charge in [-0.25, -0.2) is 0 Å². The van der Waals surface area contributed by atoms with Crippen LogP contribution in [0.15, 0.2) is 24.4 Å². The first-order valence-electron chi connectivity index (χ1n) is 5.86. The Balaban J connectivity index is 2.34. The second-order valence-corrected chi connectivity index (χ2v) is 4.56.